The quantitative estimate of drug-likeness (QED) is 0.706. The number of methoxy groups -OCH3 is 3. The molecule has 0 spiro atoms. The summed E-state index contributed by atoms with van der Waals surface area (Å²) in [5.74, 6) is 2.27. The van der Waals surface area contributed by atoms with Gasteiger partial charge in [-0.25, -0.2) is 0 Å². The van der Waals surface area contributed by atoms with Crippen LogP contribution in [-0.4, -0.2) is 27.1 Å². The highest BCUT2D eigenvalue weighted by atomic mass is 16.5. The number of allylic oxidation sites excluding steroid dienone is 2. The van der Waals surface area contributed by atoms with E-state index in [1.807, 2.05) is 54.6 Å². The number of para-hydroxylation sites is 1. The van der Waals surface area contributed by atoms with Crippen LogP contribution in [0.5, 0.6) is 17.2 Å². The topological polar surface area (TPSA) is 44.8 Å². The maximum absolute atomic E-state index is 13.0. The first kappa shape index (κ1) is 18.8. The van der Waals surface area contributed by atoms with E-state index in [2.05, 4.69) is 0 Å². The van der Waals surface area contributed by atoms with Gasteiger partial charge < -0.3 is 14.2 Å². The summed E-state index contributed by atoms with van der Waals surface area (Å²) in [4.78, 5) is 13.0. The molecule has 3 rings (SSSR count). The van der Waals surface area contributed by atoms with Crippen molar-refractivity contribution in [3.63, 3.8) is 0 Å². The van der Waals surface area contributed by atoms with Gasteiger partial charge >= 0.3 is 0 Å². The van der Waals surface area contributed by atoms with Gasteiger partial charge in [-0.2, -0.15) is 0 Å². The predicted molar refractivity (Wildman–Crippen MR) is 107 cm³/mol. The molecule has 1 aliphatic rings. The van der Waals surface area contributed by atoms with Gasteiger partial charge in [-0.3, -0.25) is 4.79 Å². The van der Waals surface area contributed by atoms with Gasteiger partial charge in [0.2, 0.25) is 0 Å². The number of Topliss-reactive ketones (excluding diaryl/α,β-unsaturated/α-hetero) is 1. The summed E-state index contributed by atoms with van der Waals surface area (Å²) < 4.78 is 16.0. The second-order valence-corrected chi connectivity index (χ2v) is 6.41. The molecule has 1 fully saturated rings. The molecule has 1 aliphatic carbocycles. The van der Waals surface area contributed by atoms with Crippen LogP contribution in [0.1, 0.15) is 30.4 Å². The van der Waals surface area contributed by atoms with Crippen LogP contribution < -0.4 is 14.2 Å². The Balaban J connectivity index is 1.93. The van der Waals surface area contributed by atoms with Crippen molar-refractivity contribution in [1.29, 1.82) is 0 Å². The van der Waals surface area contributed by atoms with Crippen molar-refractivity contribution in [2.24, 2.45) is 0 Å². The van der Waals surface area contributed by atoms with Crippen molar-refractivity contribution >= 4 is 17.9 Å². The first-order valence-electron chi connectivity index (χ1n) is 8.96. The molecule has 0 radical (unpaired) electrons. The summed E-state index contributed by atoms with van der Waals surface area (Å²) >= 11 is 0. The van der Waals surface area contributed by atoms with Gasteiger partial charge in [-0.05, 0) is 55.2 Å². The number of carbonyl (C=O) groups excluding carboxylic acids is 1. The van der Waals surface area contributed by atoms with Gasteiger partial charge in [0.15, 0.2) is 5.78 Å². The van der Waals surface area contributed by atoms with Crippen LogP contribution in [0.4, 0.5) is 0 Å². The van der Waals surface area contributed by atoms with Gasteiger partial charge in [0.25, 0.3) is 0 Å². The molecule has 0 heterocycles. The number of benzene rings is 2. The number of ketones is 1. The standard InChI is InChI=1S/C23H24O4/c1-25-20-12-16(13-21(15-20)26-2)11-18-8-6-9-19(23(18)24)14-17-7-4-5-10-22(17)27-3/h4-5,7,10-15H,6,8-9H2,1-3H3. The van der Waals surface area contributed by atoms with Crippen LogP contribution in [0.15, 0.2) is 53.6 Å². The van der Waals surface area contributed by atoms with E-state index in [4.69, 9.17) is 14.2 Å². The fraction of sp³-hybridized carbons (Fsp3) is 0.261. The summed E-state index contributed by atoms with van der Waals surface area (Å²) in [6.45, 7) is 0. The molecule has 1 saturated carbocycles. The summed E-state index contributed by atoms with van der Waals surface area (Å²) in [6.07, 6.45) is 6.36. The molecule has 4 heteroatoms. The van der Waals surface area contributed by atoms with Crippen molar-refractivity contribution in [3.8, 4) is 17.2 Å². The van der Waals surface area contributed by atoms with Gasteiger partial charge in [0.05, 0.1) is 21.3 Å². The SMILES string of the molecule is COc1cc(C=C2CCCC(=Cc3ccccc3OC)C2=O)cc(OC)c1. The molecular formula is C23H24O4. The Morgan fingerprint density at radius 2 is 1.44 bits per heavy atom. The Kier molecular flexibility index (Phi) is 5.97. The fourth-order valence-electron chi connectivity index (χ4n) is 3.27. The molecule has 0 saturated heterocycles. The van der Waals surface area contributed by atoms with Crippen LogP contribution in [0.25, 0.3) is 12.2 Å². The highest BCUT2D eigenvalue weighted by Crippen LogP contribution is 2.31. The predicted octanol–water partition coefficient (Wildman–Crippen LogP) is 4.93. The minimum Gasteiger partial charge on any atom is -0.497 e. The van der Waals surface area contributed by atoms with E-state index < -0.39 is 0 Å². The lowest BCUT2D eigenvalue weighted by Gasteiger charge is -2.17. The van der Waals surface area contributed by atoms with Crippen molar-refractivity contribution in [1.82, 2.24) is 0 Å². The van der Waals surface area contributed by atoms with Crippen molar-refractivity contribution in [2.75, 3.05) is 21.3 Å². The summed E-state index contributed by atoms with van der Waals surface area (Å²) in [7, 11) is 4.87. The van der Waals surface area contributed by atoms with Crippen molar-refractivity contribution in [2.45, 2.75) is 19.3 Å². The molecule has 0 N–H and O–H groups in total. The zero-order chi connectivity index (χ0) is 19.2. The summed E-state index contributed by atoms with van der Waals surface area (Å²) in [5, 5.41) is 0. The summed E-state index contributed by atoms with van der Waals surface area (Å²) in [5.41, 5.74) is 3.44. The smallest absolute Gasteiger partial charge is 0.185 e. The highest BCUT2D eigenvalue weighted by Gasteiger charge is 2.21. The molecule has 4 nitrogen and oxygen atoms in total. The van der Waals surface area contributed by atoms with Crippen LogP contribution in [0, 0.1) is 0 Å². The van der Waals surface area contributed by atoms with E-state index in [-0.39, 0.29) is 5.78 Å². The Morgan fingerprint density at radius 1 is 0.815 bits per heavy atom. The average molecular weight is 364 g/mol. The summed E-state index contributed by atoms with van der Waals surface area (Å²) in [6, 6.07) is 13.4. The third-order valence-electron chi connectivity index (χ3n) is 4.66. The minimum atomic E-state index is 0.0916. The zero-order valence-electron chi connectivity index (χ0n) is 16.0. The molecule has 0 amide bonds. The molecule has 0 aliphatic heterocycles. The largest absolute Gasteiger partial charge is 0.497 e. The van der Waals surface area contributed by atoms with Crippen molar-refractivity contribution in [3.05, 3.63) is 64.7 Å². The van der Waals surface area contributed by atoms with Gasteiger partial charge in [0.1, 0.15) is 17.2 Å². The van der Waals surface area contributed by atoms with Crippen LogP contribution in [-0.2, 0) is 4.79 Å². The molecule has 2 aromatic rings. The van der Waals surface area contributed by atoms with Gasteiger partial charge in [-0.1, -0.05) is 18.2 Å². The lowest BCUT2D eigenvalue weighted by molar-refractivity contribution is -0.112. The van der Waals surface area contributed by atoms with Gasteiger partial charge in [0, 0.05) is 22.8 Å². The van der Waals surface area contributed by atoms with E-state index in [9.17, 15) is 4.79 Å². The fourth-order valence-corrected chi connectivity index (χ4v) is 3.27. The van der Waals surface area contributed by atoms with E-state index >= 15 is 0 Å². The normalized spacial score (nSPS) is 17.2. The first-order chi connectivity index (χ1) is 13.1. The van der Waals surface area contributed by atoms with Crippen LogP contribution >= 0.6 is 0 Å². The average Bonchev–Trinajstić information content (AvgIpc) is 2.71. The maximum Gasteiger partial charge on any atom is 0.185 e. The molecule has 0 aromatic heterocycles. The second kappa shape index (κ2) is 8.58. The zero-order valence-corrected chi connectivity index (χ0v) is 16.0. The lowest BCUT2D eigenvalue weighted by atomic mass is 9.86. The number of rotatable bonds is 5. The number of hydrogen-bond acceptors (Lipinski definition) is 4. The monoisotopic (exact) mass is 364 g/mol. The van der Waals surface area contributed by atoms with E-state index in [1.165, 1.54) is 0 Å². The lowest BCUT2D eigenvalue weighted by Crippen LogP contribution is -2.12. The highest BCUT2D eigenvalue weighted by molar-refractivity contribution is 6.14. The third-order valence-corrected chi connectivity index (χ3v) is 4.66. The molecular weight excluding hydrogens is 340 g/mol. The molecule has 0 atom stereocenters. The molecule has 27 heavy (non-hydrogen) atoms. The van der Waals surface area contributed by atoms with E-state index in [0.29, 0.717) is 11.5 Å². The maximum atomic E-state index is 13.0. The van der Waals surface area contributed by atoms with E-state index in [0.717, 1.165) is 47.3 Å². The molecule has 0 bridgehead atoms. The van der Waals surface area contributed by atoms with Crippen LogP contribution in [0.2, 0.25) is 0 Å². The number of carbonyl (C=O) groups is 1. The first-order valence-corrected chi connectivity index (χ1v) is 8.96. The van der Waals surface area contributed by atoms with E-state index in [1.54, 1.807) is 21.3 Å². The number of hydrogen-bond donors (Lipinski definition) is 0. The van der Waals surface area contributed by atoms with Crippen LogP contribution in [0.3, 0.4) is 0 Å². The number of ether oxygens (including phenoxy) is 3. The Morgan fingerprint density at radius 3 is 2.07 bits per heavy atom. The Bertz CT molecular complexity index is 871. The van der Waals surface area contributed by atoms with Gasteiger partial charge in [-0.15, -0.1) is 0 Å². The molecule has 140 valence electrons. The third kappa shape index (κ3) is 4.40. The molecule has 2 aromatic carbocycles. The Hall–Kier alpha value is -3.01. The molecule has 0 unspecified atom stereocenters. The second-order valence-electron chi connectivity index (χ2n) is 6.41. The Labute approximate surface area is 160 Å². The van der Waals surface area contributed by atoms with Crippen molar-refractivity contribution < 1.29 is 19.0 Å². The minimum absolute atomic E-state index is 0.0916.